The zero-order valence-electron chi connectivity index (χ0n) is 14.5. The predicted octanol–water partition coefficient (Wildman–Crippen LogP) is 2.93. The number of amides is 1. The fourth-order valence-corrected chi connectivity index (χ4v) is 3.29. The molecule has 0 unspecified atom stereocenters. The Morgan fingerprint density at radius 2 is 1.96 bits per heavy atom. The molecule has 0 bridgehead atoms. The summed E-state index contributed by atoms with van der Waals surface area (Å²) in [5, 5.41) is 6.25. The number of carbonyl (C=O) groups excluding carboxylic acids is 2. The van der Waals surface area contributed by atoms with Gasteiger partial charge < -0.3 is 24.1 Å². The van der Waals surface area contributed by atoms with Crippen molar-refractivity contribution in [2.45, 2.75) is 13.5 Å². The summed E-state index contributed by atoms with van der Waals surface area (Å²) in [4.78, 5) is 23.7. The van der Waals surface area contributed by atoms with Crippen LogP contribution in [0.25, 0.3) is 0 Å². The van der Waals surface area contributed by atoms with Gasteiger partial charge in [-0.1, -0.05) is 21.1 Å². The van der Waals surface area contributed by atoms with E-state index in [1.54, 1.807) is 25.1 Å². The number of nitrogens with zero attached hydrogens (tertiary/aromatic N) is 1. The van der Waals surface area contributed by atoms with E-state index in [0.717, 1.165) is 21.8 Å². The molecule has 144 valence electrons. The van der Waals surface area contributed by atoms with E-state index in [0.29, 0.717) is 36.3 Å². The van der Waals surface area contributed by atoms with Gasteiger partial charge in [0.1, 0.15) is 25.6 Å². The van der Waals surface area contributed by atoms with Crippen LogP contribution in [0.4, 0.5) is 5.82 Å². The average Bonchev–Trinajstić information content (AvgIpc) is 3.04. The van der Waals surface area contributed by atoms with Gasteiger partial charge in [0.15, 0.2) is 17.3 Å². The number of hydrogen-bond acceptors (Lipinski definition) is 8. The van der Waals surface area contributed by atoms with E-state index < -0.39 is 5.97 Å². The number of fused-ring (bicyclic) bond motifs is 1. The van der Waals surface area contributed by atoms with Crippen molar-refractivity contribution in [1.29, 1.82) is 0 Å². The first-order chi connectivity index (χ1) is 13.0. The lowest BCUT2D eigenvalue weighted by Gasteiger charge is -2.19. The molecule has 0 radical (unpaired) electrons. The SMILES string of the molecule is Cc1cc(NC(=O)CSCC(=O)OCc2cc3c(cc2Br)OCCO3)no1. The van der Waals surface area contributed by atoms with Gasteiger partial charge >= 0.3 is 5.97 Å². The molecular formula is C17H17BrN2O6S. The number of aryl methyl sites for hydroxylation is 1. The van der Waals surface area contributed by atoms with E-state index in [2.05, 4.69) is 26.4 Å². The zero-order chi connectivity index (χ0) is 19.2. The molecule has 8 nitrogen and oxygen atoms in total. The highest BCUT2D eigenvalue weighted by Crippen LogP contribution is 2.35. The Kier molecular flexibility index (Phi) is 6.62. The summed E-state index contributed by atoms with van der Waals surface area (Å²) >= 11 is 4.59. The van der Waals surface area contributed by atoms with E-state index in [1.807, 2.05) is 0 Å². The van der Waals surface area contributed by atoms with Crippen LogP contribution in [0.2, 0.25) is 0 Å². The Bertz CT molecular complexity index is 841. The van der Waals surface area contributed by atoms with Crippen molar-refractivity contribution in [3.05, 3.63) is 34.0 Å². The van der Waals surface area contributed by atoms with Crippen LogP contribution in [0, 0.1) is 6.92 Å². The molecule has 2 heterocycles. The summed E-state index contributed by atoms with van der Waals surface area (Å²) in [5.41, 5.74) is 0.775. The summed E-state index contributed by atoms with van der Waals surface area (Å²) in [6, 6.07) is 5.19. The van der Waals surface area contributed by atoms with Crippen LogP contribution < -0.4 is 14.8 Å². The van der Waals surface area contributed by atoms with E-state index in [-0.39, 0.29) is 24.0 Å². The Balaban J connectivity index is 1.40. The number of ether oxygens (including phenoxy) is 3. The Morgan fingerprint density at radius 3 is 2.67 bits per heavy atom. The van der Waals surface area contributed by atoms with Crippen molar-refractivity contribution in [2.75, 3.05) is 30.0 Å². The van der Waals surface area contributed by atoms with Crippen molar-refractivity contribution in [3.63, 3.8) is 0 Å². The van der Waals surface area contributed by atoms with Gasteiger partial charge in [-0.2, -0.15) is 0 Å². The first-order valence-corrected chi connectivity index (χ1v) is 10.0. The zero-order valence-corrected chi connectivity index (χ0v) is 16.9. The van der Waals surface area contributed by atoms with Gasteiger partial charge in [-0.25, -0.2) is 0 Å². The minimum absolute atomic E-state index is 0.0629. The number of nitrogens with one attached hydrogen (secondary N) is 1. The largest absolute Gasteiger partial charge is 0.486 e. The molecule has 2 aromatic rings. The third-order valence-corrected chi connectivity index (χ3v) is 5.09. The van der Waals surface area contributed by atoms with Gasteiger partial charge in [-0.15, -0.1) is 11.8 Å². The number of thioether (sulfide) groups is 1. The highest BCUT2D eigenvalue weighted by molar-refractivity contribution is 9.10. The van der Waals surface area contributed by atoms with Gasteiger partial charge in [0, 0.05) is 16.1 Å². The van der Waals surface area contributed by atoms with Gasteiger partial charge in [-0.3, -0.25) is 9.59 Å². The third kappa shape index (κ3) is 5.64. The van der Waals surface area contributed by atoms with Crippen LogP contribution in [-0.4, -0.2) is 41.8 Å². The van der Waals surface area contributed by atoms with Crippen molar-refractivity contribution >= 4 is 45.4 Å². The molecule has 1 aliphatic heterocycles. The maximum Gasteiger partial charge on any atom is 0.316 e. The Morgan fingerprint density at radius 1 is 1.22 bits per heavy atom. The second-order valence-corrected chi connectivity index (χ2v) is 7.45. The molecule has 10 heteroatoms. The molecule has 0 saturated heterocycles. The molecule has 0 aliphatic carbocycles. The molecule has 1 aliphatic rings. The standard InChI is InChI=1S/C17H17BrN2O6S/c1-10-4-15(20-26-10)19-16(21)8-27-9-17(22)25-7-11-5-13-14(6-12(11)18)24-3-2-23-13/h4-6H,2-3,7-9H2,1H3,(H,19,20,21). The van der Waals surface area contributed by atoms with E-state index in [9.17, 15) is 9.59 Å². The predicted molar refractivity (Wildman–Crippen MR) is 102 cm³/mol. The molecule has 0 saturated carbocycles. The first kappa shape index (κ1) is 19.6. The van der Waals surface area contributed by atoms with E-state index in [4.69, 9.17) is 18.7 Å². The van der Waals surface area contributed by atoms with Crippen molar-refractivity contribution in [1.82, 2.24) is 5.16 Å². The minimum Gasteiger partial charge on any atom is -0.486 e. The van der Waals surface area contributed by atoms with Gasteiger partial charge in [0.2, 0.25) is 5.91 Å². The Hall–Kier alpha value is -2.20. The van der Waals surface area contributed by atoms with Gasteiger partial charge in [0.25, 0.3) is 0 Å². The number of esters is 1. The van der Waals surface area contributed by atoms with Crippen LogP contribution >= 0.6 is 27.7 Å². The Labute approximate surface area is 168 Å². The molecule has 1 aromatic carbocycles. The lowest BCUT2D eigenvalue weighted by Crippen LogP contribution is -2.17. The van der Waals surface area contributed by atoms with Crippen molar-refractivity contribution < 1.29 is 28.3 Å². The fraction of sp³-hybridized carbons (Fsp3) is 0.353. The molecular weight excluding hydrogens is 440 g/mol. The first-order valence-electron chi connectivity index (χ1n) is 8.06. The van der Waals surface area contributed by atoms with Crippen LogP contribution in [0.1, 0.15) is 11.3 Å². The normalized spacial score (nSPS) is 12.5. The van der Waals surface area contributed by atoms with E-state index in [1.165, 1.54) is 0 Å². The second kappa shape index (κ2) is 9.14. The van der Waals surface area contributed by atoms with Gasteiger partial charge in [-0.05, 0) is 19.1 Å². The molecule has 0 fully saturated rings. The number of benzene rings is 1. The monoisotopic (exact) mass is 456 g/mol. The summed E-state index contributed by atoms with van der Waals surface area (Å²) in [7, 11) is 0. The van der Waals surface area contributed by atoms with E-state index >= 15 is 0 Å². The van der Waals surface area contributed by atoms with Gasteiger partial charge in [0.05, 0.1) is 11.5 Å². The molecule has 27 heavy (non-hydrogen) atoms. The number of aromatic nitrogens is 1. The van der Waals surface area contributed by atoms with Crippen LogP contribution in [0.3, 0.4) is 0 Å². The van der Waals surface area contributed by atoms with Crippen molar-refractivity contribution in [2.24, 2.45) is 0 Å². The lowest BCUT2D eigenvalue weighted by atomic mass is 10.2. The quantitative estimate of drug-likeness (QED) is 0.634. The number of anilines is 1. The second-order valence-electron chi connectivity index (χ2n) is 5.61. The highest BCUT2D eigenvalue weighted by Gasteiger charge is 2.16. The molecule has 0 spiro atoms. The number of hydrogen-bond donors (Lipinski definition) is 1. The van der Waals surface area contributed by atoms with Crippen LogP contribution in [0.15, 0.2) is 27.2 Å². The third-order valence-electron chi connectivity index (χ3n) is 3.45. The number of rotatable bonds is 7. The summed E-state index contributed by atoms with van der Waals surface area (Å²) in [6.07, 6.45) is 0. The molecule has 1 N–H and O–H groups in total. The highest BCUT2D eigenvalue weighted by atomic mass is 79.9. The average molecular weight is 457 g/mol. The summed E-state index contributed by atoms with van der Waals surface area (Å²) in [6.45, 7) is 2.82. The molecule has 3 rings (SSSR count). The fourth-order valence-electron chi connectivity index (χ4n) is 2.25. The van der Waals surface area contributed by atoms with Crippen LogP contribution in [-0.2, 0) is 20.9 Å². The number of halogens is 1. The summed E-state index contributed by atoms with van der Waals surface area (Å²) in [5.74, 6) is 1.73. The van der Waals surface area contributed by atoms with Crippen LogP contribution in [0.5, 0.6) is 11.5 Å². The maximum atomic E-state index is 11.9. The molecule has 0 atom stereocenters. The minimum atomic E-state index is -0.410. The maximum absolute atomic E-state index is 11.9. The summed E-state index contributed by atoms with van der Waals surface area (Å²) < 4.78 is 21.9. The smallest absolute Gasteiger partial charge is 0.316 e. The molecule has 1 aromatic heterocycles. The number of carbonyl (C=O) groups is 2. The molecule has 1 amide bonds. The lowest BCUT2D eigenvalue weighted by molar-refractivity contribution is -0.141. The van der Waals surface area contributed by atoms with Crippen molar-refractivity contribution in [3.8, 4) is 11.5 Å². The topological polar surface area (TPSA) is 99.9 Å².